The van der Waals surface area contributed by atoms with E-state index in [4.69, 9.17) is 0 Å². The molecule has 0 radical (unpaired) electrons. The molecular formula is C14H20N2O. The molecule has 92 valence electrons. The van der Waals surface area contributed by atoms with Crippen molar-refractivity contribution in [3.63, 3.8) is 0 Å². The van der Waals surface area contributed by atoms with E-state index in [9.17, 15) is 4.79 Å². The van der Waals surface area contributed by atoms with E-state index in [1.54, 1.807) is 6.92 Å². The Morgan fingerprint density at radius 3 is 2.24 bits per heavy atom. The summed E-state index contributed by atoms with van der Waals surface area (Å²) in [5.41, 5.74) is 1.35. The highest BCUT2D eigenvalue weighted by Gasteiger charge is 2.22. The second-order valence-corrected chi connectivity index (χ2v) is 4.63. The third kappa shape index (κ3) is 2.86. The third-order valence-electron chi connectivity index (χ3n) is 3.59. The summed E-state index contributed by atoms with van der Waals surface area (Å²) in [4.78, 5) is 15.6. The van der Waals surface area contributed by atoms with Gasteiger partial charge in [0.05, 0.1) is 0 Å². The van der Waals surface area contributed by atoms with E-state index in [0.29, 0.717) is 6.04 Å². The quantitative estimate of drug-likeness (QED) is 0.777. The first-order valence-electron chi connectivity index (χ1n) is 6.23. The fraction of sp³-hybridized carbons (Fsp3) is 0.500. The zero-order valence-electron chi connectivity index (χ0n) is 10.6. The molecule has 0 aromatic heterocycles. The molecule has 1 aliphatic rings. The molecule has 1 aromatic carbocycles. The molecule has 3 nitrogen and oxygen atoms in total. The number of nitrogens with zero attached hydrogens (tertiary/aromatic N) is 2. The number of hydrogen-bond donors (Lipinski definition) is 0. The van der Waals surface area contributed by atoms with Crippen molar-refractivity contribution in [1.29, 1.82) is 0 Å². The van der Waals surface area contributed by atoms with E-state index in [1.165, 1.54) is 5.56 Å². The van der Waals surface area contributed by atoms with Crippen molar-refractivity contribution in [2.24, 2.45) is 0 Å². The summed E-state index contributed by atoms with van der Waals surface area (Å²) >= 11 is 0. The number of amides is 1. The molecular weight excluding hydrogens is 212 g/mol. The summed E-state index contributed by atoms with van der Waals surface area (Å²) in [7, 11) is 0. The number of hydrogen-bond acceptors (Lipinski definition) is 2. The van der Waals surface area contributed by atoms with Gasteiger partial charge in [0.2, 0.25) is 5.91 Å². The molecule has 0 saturated carbocycles. The molecule has 1 saturated heterocycles. The summed E-state index contributed by atoms with van der Waals surface area (Å²) in [5.74, 6) is 0.192. The standard InChI is InChI=1S/C14H20N2O/c1-12(14-6-4-3-5-7-14)15-8-10-16(11-9-15)13(2)17/h3-7,12H,8-11H2,1-2H3. The van der Waals surface area contributed by atoms with Gasteiger partial charge in [0.15, 0.2) is 0 Å². The Bertz CT molecular complexity index is 369. The predicted molar refractivity (Wildman–Crippen MR) is 68.7 cm³/mol. The highest BCUT2D eigenvalue weighted by molar-refractivity contribution is 5.73. The van der Waals surface area contributed by atoms with Gasteiger partial charge in [-0.2, -0.15) is 0 Å². The van der Waals surface area contributed by atoms with Crippen LogP contribution in [-0.2, 0) is 4.79 Å². The maximum Gasteiger partial charge on any atom is 0.219 e. The van der Waals surface area contributed by atoms with Crippen molar-refractivity contribution in [3.8, 4) is 0 Å². The molecule has 0 aliphatic carbocycles. The molecule has 1 heterocycles. The van der Waals surface area contributed by atoms with Crippen molar-refractivity contribution in [2.75, 3.05) is 26.2 Å². The number of rotatable bonds is 2. The van der Waals surface area contributed by atoms with E-state index in [-0.39, 0.29) is 5.91 Å². The summed E-state index contributed by atoms with van der Waals surface area (Å²) in [6, 6.07) is 11.0. The van der Waals surface area contributed by atoms with Gasteiger partial charge in [-0.05, 0) is 12.5 Å². The van der Waals surface area contributed by atoms with Gasteiger partial charge in [-0.3, -0.25) is 9.69 Å². The lowest BCUT2D eigenvalue weighted by Gasteiger charge is -2.37. The van der Waals surface area contributed by atoms with Crippen LogP contribution in [-0.4, -0.2) is 41.9 Å². The van der Waals surface area contributed by atoms with Crippen LogP contribution in [0.3, 0.4) is 0 Å². The minimum atomic E-state index is 0.192. The summed E-state index contributed by atoms with van der Waals surface area (Å²) in [6.45, 7) is 7.53. The monoisotopic (exact) mass is 232 g/mol. The number of benzene rings is 1. The first-order chi connectivity index (χ1) is 8.18. The number of carbonyl (C=O) groups is 1. The zero-order chi connectivity index (χ0) is 12.3. The molecule has 1 unspecified atom stereocenters. The number of carbonyl (C=O) groups excluding carboxylic acids is 1. The molecule has 0 spiro atoms. The lowest BCUT2D eigenvalue weighted by atomic mass is 10.1. The van der Waals surface area contributed by atoms with E-state index in [1.807, 2.05) is 11.0 Å². The summed E-state index contributed by atoms with van der Waals surface area (Å²) in [6.07, 6.45) is 0. The van der Waals surface area contributed by atoms with Gasteiger partial charge in [0.1, 0.15) is 0 Å². The van der Waals surface area contributed by atoms with E-state index in [2.05, 4.69) is 36.1 Å². The molecule has 1 atom stereocenters. The molecule has 1 amide bonds. The molecule has 2 rings (SSSR count). The minimum absolute atomic E-state index is 0.192. The Hall–Kier alpha value is -1.35. The topological polar surface area (TPSA) is 23.6 Å². The van der Waals surface area contributed by atoms with Gasteiger partial charge < -0.3 is 4.90 Å². The predicted octanol–water partition coefficient (Wildman–Crippen LogP) is 1.91. The molecule has 17 heavy (non-hydrogen) atoms. The van der Waals surface area contributed by atoms with Crippen LogP contribution in [0, 0.1) is 0 Å². The Morgan fingerprint density at radius 1 is 1.12 bits per heavy atom. The summed E-state index contributed by atoms with van der Waals surface area (Å²) in [5, 5.41) is 0. The van der Waals surface area contributed by atoms with Crippen molar-refractivity contribution in [2.45, 2.75) is 19.9 Å². The Balaban J connectivity index is 1.95. The van der Waals surface area contributed by atoms with Crippen molar-refractivity contribution < 1.29 is 4.79 Å². The highest BCUT2D eigenvalue weighted by Crippen LogP contribution is 2.21. The highest BCUT2D eigenvalue weighted by atomic mass is 16.2. The average Bonchev–Trinajstić information content (AvgIpc) is 2.39. The first kappa shape index (κ1) is 12.1. The normalized spacial score (nSPS) is 19.1. The van der Waals surface area contributed by atoms with Crippen LogP contribution >= 0.6 is 0 Å². The van der Waals surface area contributed by atoms with Crippen LogP contribution in [0.15, 0.2) is 30.3 Å². The van der Waals surface area contributed by atoms with Crippen LogP contribution in [0.5, 0.6) is 0 Å². The first-order valence-corrected chi connectivity index (χ1v) is 6.23. The second kappa shape index (κ2) is 5.32. The fourth-order valence-corrected chi connectivity index (χ4v) is 2.37. The van der Waals surface area contributed by atoms with E-state index < -0.39 is 0 Å². The molecule has 0 bridgehead atoms. The Morgan fingerprint density at radius 2 is 1.71 bits per heavy atom. The molecule has 3 heteroatoms. The Kier molecular flexibility index (Phi) is 3.79. The van der Waals surface area contributed by atoms with Crippen LogP contribution < -0.4 is 0 Å². The largest absolute Gasteiger partial charge is 0.340 e. The average molecular weight is 232 g/mol. The Labute approximate surface area is 103 Å². The third-order valence-corrected chi connectivity index (χ3v) is 3.59. The van der Waals surface area contributed by atoms with Crippen molar-refractivity contribution in [3.05, 3.63) is 35.9 Å². The van der Waals surface area contributed by atoms with Gasteiger partial charge >= 0.3 is 0 Å². The summed E-state index contributed by atoms with van der Waals surface area (Å²) < 4.78 is 0. The minimum Gasteiger partial charge on any atom is -0.340 e. The fourth-order valence-electron chi connectivity index (χ4n) is 2.37. The maximum absolute atomic E-state index is 11.3. The molecule has 0 N–H and O–H groups in total. The zero-order valence-corrected chi connectivity index (χ0v) is 10.6. The molecule has 1 fully saturated rings. The lowest BCUT2D eigenvalue weighted by Crippen LogP contribution is -2.48. The van der Waals surface area contributed by atoms with Gasteiger partial charge in [0.25, 0.3) is 0 Å². The van der Waals surface area contributed by atoms with E-state index >= 15 is 0 Å². The van der Waals surface area contributed by atoms with Gasteiger partial charge in [-0.15, -0.1) is 0 Å². The van der Waals surface area contributed by atoms with Gasteiger partial charge in [-0.1, -0.05) is 30.3 Å². The van der Waals surface area contributed by atoms with Crippen LogP contribution in [0.4, 0.5) is 0 Å². The van der Waals surface area contributed by atoms with Crippen LogP contribution in [0.1, 0.15) is 25.5 Å². The van der Waals surface area contributed by atoms with Crippen molar-refractivity contribution in [1.82, 2.24) is 9.80 Å². The molecule has 1 aliphatic heterocycles. The number of piperazine rings is 1. The SMILES string of the molecule is CC(=O)N1CCN(C(C)c2ccccc2)CC1. The van der Waals surface area contributed by atoms with E-state index in [0.717, 1.165) is 26.2 Å². The van der Waals surface area contributed by atoms with Crippen molar-refractivity contribution >= 4 is 5.91 Å². The van der Waals surface area contributed by atoms with Crippen LogP contribution in [0.2, 0.25) is 0 Å². The second-order valence-electron chi connectivity index (χ2n) is 4.63. The molecule has 1 aromatic rings. The smallest absolute Gasteiger partial charge is 0.219 e. The maximum atomic E-state index is 11.3. The lowest BCUT2D eigenvalue weighted by molar-refractivity contribution is -0.130. The van der Waals surface area contributed by atoms with Crippen LogP contribution in [0.25, 0.3) is 0 Å². The van der Waals surface area contributed by atoms with Gasteiger partial charge in [-0.25, -0.2) is 0 Å². The van der Waals surface area contributed by atoms with Gasteiger partial charge in [0, 0.05) is 39.1 Å².